The van der Waals surface area contributed by atoms with Gasteiger partial charge in [0.1, 0.15) is 6.61 Å². The van der Waals surface area contributed by atoms with E-state index in [2.05, 4.69) is 4.72 Å². The Balaban J connectivity index is 2.04. The van der Waals surface area contributed by atoms with E-state index >= 15 is 0 Å². The van der Waals surface area contributed by atoms with Crippen LogP contribution in [0.4, 0.5) is 4.79 Å². The summed E-state index contributed by atoms with van der Waals surface area (Å²) in [7, 11) is -3.70. The Morgan fingerprint density at radius 1 is 1.27 bits per heavy atom. The van der Waals surface area contributed by atoms with Gasteiger partial charge < -0.3 is 4.74 Å². The van der Waals surface area contributed by atoms with Crippen molar-refractivity contribution in [3.8, 4) is 0 Å². The number of carbonyl (C=O) groups excluding carboxylic acids is 2. The topological polar surface area (TPSA) is 92.8 Å². The predicted molar refractivity (Wildman–Crippen MR) is 96.9 cm³/mol. The van der Waals surface area contributed by atoms with Crippen LogP contribution in [-0.4, -0.2) is 44.0 Å². The van der Waals surface area contributed by atoms with Crippen LogP contribution >= 0.6 is 0 Å². The molecule has 2 atom stereocenters. The zero-order valence-corrected chi connectivity index (χ0v) is 16.1. The number of aryl methyl sites for hydroxylation is 1. The number of nitrogens with one attached hydrogen (secondary N) is 1. The van der Waals surface area contributed by atoms with Crippen LogP contribution in [0.25, 0.3) is 0 Å². The van der Waals surface area contributed by atoms with Crippen LogP contribution in [0.1, 0.15) is 26.3 Å². The number of ether oxygens (including phenoxy) is 1. The average Bonchev–Trinajstić information content (AvgIpc) is 2.94. The number of carbonyl (C=O) groups is 2. The molecule has 1 saturated heterocycles. The lowest BCUT2D eigenvalue weighted by Crippen LogP contribution is -2.41. The lowest BCUT2D eigenvalue weighted by Gasteiger charge is -2.21. The number of rotatable bonds is 6. The van der Waals surface area contributed by atoms with Gasteiger partial charge in [0.2, 0.25) is 10.0 Å². The number of sulfonamides is 1. The summed E-state index contributed by atoms with van der Waals surface area (Å²) in [5.41, 5.74) is 0.958. The van der Waals surface area contributed by atoms with E-state index < -0.39 is 28.1 Å². The lowest BCUT2D eigenvalue weighted by atomic mass is 10.0. The molecule has 1 heterocycles. The molecule has 0 saturated carbocycles. The van der Waals surface area contributed by atoms with Crippen molar-refractivity contribution in [2.24, 2.45) is 5.92 Å². The molecule has 1 aliphatic heterocycles. The summed E-state index contributed by atoms with van der Waals surface area (Å²) in [6.45, 7) is 7.45. The van der Waals surface area contributed by atoms with Crippen molar-refractivity contribution in [3.05, 3.63) is 42.0 Å². The second kappa shape index (κ2) is 8.01. The van der Waals surface area contributed by atoms with Crippen molar-refractivity contribution >= 4 is 22.0 Å². The number of hydrogen-bond donors (Lipinski definition) is 1. The van der Waals surface area contributed by atoms with Crippen molar-refractivity contribution in [2.45, 2.75) is 44.7 Å². The van der Waals surface area contributed by atoms with E-state index in [0.717, 1.165) is 10.5 Å². The summed E-state index contributed by atoms with van der Waals surface area (Å²) in [5, 5.41) is 0. The number of amides is 2. The Kier molecular flexibility index (Phi) is 6.20. The van der Waals surface area contributed by atoms with Crippen molar-refractivity contribution in [2.75, 3.05) is 6.61 Å². The van der Waals surface area contributed by atoms with Crippen molar-refractivity contribution in [3.63, 3.8) is 0 Å². The Labute approximate surface area is 154 Å². The summed E-state index contributed by atoms with van der Waals surface area (Å²) in [5.74, 6) is -0.455. The highest BCUT2D eigenvalue weighted by atomic mass is 32.2. The number of hydrogen-bond acceptors (Lipinski definition) is 5. The smallest absolute Gasteiger partial charge is 0.417 e. The highest BCUT2D eigenvalue weighted by Gasteiger charge is 2.38. The SMILES string of the molecule is Cc1ccc(S(=O)(=O)N[C@H](C)/C=C/C(=O)N2C(=O)OC[C@@H]2C(C)C)cc1. The van der Waals surface area contributed by atoms with E-state index in [1.165, 1.54) is 24.3 Å². The van der Waals surface area contributed by atoms with E-state index in [4.69, 9.17) is 4.74 Å². The van der Waals surface area contributed by atoms with Gasteiger partial charge >= 0.3 is 6.09 Å². The summed E-state index contributed by atoms with van der Waals surface area (Å²) in [4.78, 5) is 25.3. The van der Waals surface area contributed by atoms with Gasteiger partial charge in [0, 0.05) is 12.1 Å². The normalized spacial score (nSPS) is 19.2. The third kappa shape index (κ3) is 4.70. The first kappa shape index (κ1) is 20.1. The second-order valence-electron chi connectivity index (χ2n) is 6.68. The first-order chi connectivity index (χ1) is 12.1. The molecular weight excluding hydrogens is 356 g/mol. The molecule has 0 radical (unpaired) electrons. The molecule has 1 aromatic rings. The van der Waals surface area contributed by atoms with E-state index in [1.54, 1.807) is 19.1 Å². The summed E-state index contributed by atoms with van der Waals surface area (Å²) < 4.78 is 32.1. The molecule has 0 bridgehead atoms. The van der Waals surface area contributed by atoms with Crippen LogP contribution in [0.5, 0.6) is 0 Å². The molecule has 1 aliphatic rings. The maximum atomic E-state index is 12.3. The zero-order valence-electron chi connectivity index (χ0n) is 15.3. The molecule has 142 valence electrons. The van der Waals surface area contributed by atoms with Gasteiger partial charge in [-0.15, -0.1) is 0 Å². The number of benzene rings is 1. The third-order valence-electron chi connectivity index (χ3n) is 4.11. The minimum absolute atomic E-state index is 0.0660. The van der Waals surface area contributed by atoms with Gasteiger partial charge in [-0.25, -0.2) is 22.8 Å². The van der Waals surface area contributed by atoms with Crippen LogP contribution in [-0.2, 0) is 19.6 Å². The predicted octanol–water partition coefficient (Wildman–Crippen LogP) is 2.22. The first-order valence-electron chi connectivity index (χ1n) is 8.39. The Morgan fingerprint density at radius 3 is 2.46 bits per heavy atom. The molecule has 8 heteroatoms. The number of imide groups is 1. The van der Waals surface area contributed by atoms with Gasteiger partial charge in [0.15, 0.2) is 0 Å². The van der Waals surface area contributed by atoms with Gasteiger partial charge in [-0.3, -0.25) is 4.79 Å². The minimum Gasteiger partial charge on any atom is -0.447 e. The van der Waals surface area contributed by atoms with Crippen molar-refractivity contribution in [1.82, 2.24) is 9.62 Å². The summed E-state index contributed by atoms with van der Waals surface area (Å²) in [6, 6.07) is 5.52. The first-order valence-corrected chi connectivity index (χ1v) is 9.87. The number of cyclic esters (lactones) is 1. The fourth-order valence-corrected chi connectivity index (χ4v) is 3.76. The van der Waals surface area contributed by atoms with Crippen LogP contribution < -0.4 is 4.72 Å². The standard InChI is InChI=1S/C18H24N2O5S/c1-12(2)16-11-25-18(22)20(16)17(21)10-7-14(4)19-26(23,24)15-8-5-13(3)6-9-15/h5-10,12,14,16,19H,11H2,1-4H3/b10-7+/t14-,16-/m1/s1. The van der Waals surface area contributed by atoms with Gasteiger partial charge in [-0.2, -0.15) is 0 Å². The molecule has 0 aliphatic carbocycles. The quantitative estimate of drug-likeness (QED) is 0.764. The van der Waals surface area contributed by atoms with E-state index in [-0.39, 0.29) is 23.5 Å². The molecule has 1 fully saturated rings. The highest BCUT2D eigenvalue weighted by molar-refractivity contribution is 7.89. The van der Waals surface area contributed by atoms with Gasteiger partial charge in [0.25, 0.3) is 5.91 Å². The summed E-state index contributed by atoms with van der Waals surface area (Å²) >= 11 is 0. The van der Waals surface area contributed by atoms with E-state index in [1.807, 2.05) is 20.8 Å². The maximum absolute atomic E-state index is 12.3. The van der Waals surface area contributed by atoms with Gasteiger partial charge in [0.05, 0.1) is 10.9 Å². The largest absolute Gasteiger partial charge is 0.447 e. The monoisotopic (exact) mass is 380 g/mol. The van der Waals surface area contributed by atoms with Crippen LogP contribution in [0.15, 0.2) is 41.3 Å². The van der Waals surface area contributed by atoms with E-state index in [9.17, 15) is 18.0 Å². The van der Waals surface area contributed by atoms with Crippen LogP contribution in [0.3, 0.4) is 0 Å². The molecule has 1 N–H and O–H groups in total. The molecule has 0 unspecified atom stereocenters. The molecule has 7 nitrogen and oxygen atoms in total. The van der Waals surface area contributed by atoms with Gasteiger partial charge in [-0.05, 0) is 31.9 Å². The van der Waals surface area contributed by atoms with Gasteiger partial charge in [-0.1, -0.05) is 37.6 Å². The molecule has 26 heavy (non-hydrogen) atoms. The molecule has 0 aromatic heterocycles. The zero-order chi connectivity index (χ0) is 19.5. The lowest BCUT2D eigenvalue weighted by molar-refractivity contribution is -0.124. The van der Waals surface area contributed by atoms with E-state index in [0.29, 0.717) is 0 Å². The Bertz CT molecular complexity index is 799. The molecular formula is C18H24N2O5S. The van der Waals surface area contributed by atoms with Crippen LogP contribution in [0.2, 0.25) is 0 Å². The molecule has 2 rings (SSSR count). The second-order valence-corrected chi connectivity index (χ2v) is 8.39. The fraction of sp³-hybridized carbons (Fsp3) is 0.444. The summed E-state index contributed by atoms with van der Waals surface area (Å²) in [6.07, 6.45) is 1.94. The molecule has 2 amide bonds. The Morgan fingerprint density at radius 2 is 1.88 bits per heavy atom. The van der Waals surface area contributed by atoms with Crippen molar-refractivity contribution in [1.29, 1.82) is 0 Å². The van der Waals surface area contributed by atoms with Crippen LogP contribution in [0, 0.1) is 12.8 Å². The minimum atomic E-state index is -3.70. The molecule has 0 spiro atoms. The fourth-order valence-electron chi connectivity index (χ4n) is 2.56. The highest BCUT2D eigenvalue weighted by Crippen LogP contribution is 2.20. The third-order valence-corrected chi connectivity index (χ3v) is 5.69. The molecule has 1 aromatic carbocycles. The number of nitrogens with zero attached hydrogens (tertiary/aromatic N) is 1. The maximum Gasteiger partial charge on any atom is 0.417 e. The average molecular weight is 380 g/mol. The Hall–Kier alpha value is -2.19. The van der Waals surface area contributed by atoms with Crippen molar-refractivity contribution < 1.29 is 22.7 Å².